The molecule has 5 nitrogen and oxygen atoms in total. The van der Waals surface area contributed by atoms with Crippen LogP contribution in [0.25, 0.3) is 0 Å². The highest BCUT2D eigenvalue weighted by Crippen LogP contribution is 1.99. The van der Waals surface area contributed by atoms with Gasteiger partial charge < -0.3 is 15.6 Å². The number of rotatable bonds is 5. The quantitative estimate of drug-likeness (QED) is 0.762. The molecule has 1 rings (SSSR count). The molecule has 0 aliphatic heterocycles. The van der Waals surface area contributed by atoms with Gasteiger partial charge in [-0.15, -0.1) is 0 Å². The molecule has 0 spiro atoms. The molecule has 0 saturated heterocycles. The molecule has 5 heteroatoms. The molecule has 0 fully saturated rings. The second-order valence-electron chi connectivity index (χ2n) is 4.26. The van der Waals surface area contributed by atoms with Crippen molar-refractivity contribution >= 4 is 5.91 Å². The minimum absolute atomic E-state index is 0.187. The van der Waals surface area contributed by atoms with Crippen molar-refractivity contribution < 1.29 is 4.79 Å². The summed E-state index contributed by atoms with van der Waals surface area (Å²) < 4.78 is 1.42. The van der Waals surface area contributed by atoms with E-state index >= 15 is 0 Å². The largest absolute Gasteiger partial charge is 0.352 e. The van der Waals surface area contributed by atoms with E-state index in [1.165, 1.54) is 10.6 Å². The first-order valence-electron chi connectivity index (χ1n) is 5.69. The molecule has 17 heavy (non-hydrogen) atoms. The highest BCUT2D eigenvalue weighted by Gasteiger charge is 2.08. The van der Waals surface area contributed by atoms with E-state index in [9.17, 15) is 9.59 Å². The summed E-state index contributed by atoms with van der Waals surface area (Å²) in [4.78, 5) is 23.1. The average Bonchev–Trinajstić information content (AvgIpc) is 2.30. The summed E-state index contributed by atoms with van der Waals surface area (Å²) in [5, 5.41) is 2.79. The maximum Gasteiger partial charge on any atom is 0.251 e. The number of aromatic nitrogens is 1. The molecule has 1 amide bonds. The number of hydrogen-bond acceptors (Lipinski definition) is 3. The van der Waals surface area contributed by atoms with Crippen molar-refractivity contribution in [2.45, 2.75) is 13.3 Å². The van der Waals surface area contributed by atoms with Crippen LogP contribution in [0.15, 0.2) is 23.1 Å². The second kappa shape index (κ2) is 6.20. The van der Waals surface area contributed by atoms with Crippen LogP contribution in [0.3, 0.4) is 0 Å². The fraction of sp³-hybridized carbons (Fsp3) is 0.500. The zero-order valence-corrected chi connectivity index (χ0v) is 10.3. The minimum atomic E-state index is -0.216. The lowest BCUT2D eigenvalue weighted by Gasteiger charge is -2.11. The van der Waals surface area contributed by atoms with Gasteiger partial charge in [-0.3, -0.25) is 9.59 Å². The first-order valence-corrected chi connectivity index (χ1v) is 5.69. The Hall–Kier alpha value is -1.62. The Morgan fingerprint density at radius 1 is 1.59 bits per heavy atom. The smallest absolute Gasteiger partial charge is 0.251 e. The normalized spacial score (nSPS) is 12.2. The molecule has 0 aromatic carbocycles. The van der Waals surface area contributed by atoms with Crippen LogP contribution in [0.1, 0.15) is 23.7 Å². The summed E-state index contributed by atoms with van der Waals surface area (Å²) in [7, 11) is 1.65. The number of aryl methyl sites for hydroxylation is 1. The number of carbonyl (C=O) groups is 1. The first-order chi connectivity index (χ1) is 8.04. The Morgan fingerprint density at radius 3 is 2.88 bits per heavy atom. The van der Waals surface area contributed by atoms with Crippen molar-refractivity contribution in [1.82, 2.24) is 9.88 Å². The van der Waals surface area contributed by atoms with Gasteiger partial charge in [-0.1, -0.05) is 6.92 Å². The number of hydrogen-bond donors (Lipinski definition) is 2. The van der Waals surface area contributed by atoms with Crippen LogP contribution in [0, 0.1) is 5.92 Å². The summed E-state index contributed by atoms with van der Waals surface area (Å²) in [5.41, 5.74) is 5.64. The minimum Gasteiger partial charge on any atom is -0.352 e. The van der Waals surface area contributed by atoms with Gasteiger partial charge in [0.05, 0.1) is 0 Å². The first kappa shape index (κ1) is 13.4. The van der Waals surface area contributed by atoms with E-state index in [0.29, 0.717) is 24.6 Å². The maximum atomic E-state index is 11.7. The zero-order valence-electron chi connectivity index (χ0n) is 10.3. The van der Waals surface area contributed by atoms with Crippen molar-refractivity contribution in [2.24, 2.45) is 18.7 Å². The van der Waals surface area contributed by atoms with Crippen LogP contribution >= 0.6 is 0 Å². The molecular formula is C12H19N3O2. The maximum absolute atomic E-state index is 11.7. The molecular weight excluding hydrogens is 218 g/mol. The number of amides is 1. The highest BCUT2D eigenvalue weighted by molar-refractivity contribution is 5.93. The van der Waals surface area contributed by atoms with Crippen molar-refractivity contribution in [3.05, 3.63) is 34.2 Å². The van der Waals surface area contributed by atoms with Gasteiger partial charge in [-0.05, 0) is 24.9 Å². The molecule has 1 heterocycles. The fourth-order valence-corrected chi connectivity index (χ4v) is 1.45. The van der Waals surface area contributed by atoms with Gasteiger partial charge >= 0.3 is 0 Å². The molecule has 1 aromatic heterocycles. The van der Waals surface area contributed by atoms with E-state index in [1.807, 2.05) is 6.92 Å². The Labute approximate surface area is 101 Å². The summed E-state index contributed by atoms with van der Waals surface area (Å²) in [6.07, 6.45) is 2.46. The van der Waals surface area contributed by atoms with Crippen molar-refractivity contribution in [2.75, 3.05) is 13.1 Å². The van der Waals surface area contributed by atoms with Crippen LogP contribution in [-0.2, 0) is 7.05 Å². The van der Waals surface area contributed by atoms with E-state index in [0.717, 1.165) is 6.42 Å². The molecule has 1 aromatic rings. The number of nitrogens with two attached hydrogens (primary N) is 1. The summed E-state index contributed by atoms with van der Waals surface area (Å²) in [6.45, 7) is 3.21. The average molecular weight is 237 g/mol. The molecule has 0 aliphatic carbocycles. The van der Waals surface area contributed by atoms with Gasteiger partial charge in [0.2, 0.25) is 0 Å². The van der Waals surface area contributed by atoms with Crippen LogP contribution in [0.2, 0.25) is 0 Å². The van der Waals surface area contributed by atoms with Gasteiger partial charge in [0.1, 0.15) is 0 Å². The standard InChI is InChI=1S/C12H19N3O2/c1-9(3-5-13)8-14-12(17)10-4-6-15(2)11(16)7-10/h4,6-7,9H,3,5,8,13H2,1-2H3,(H,14,17). The summed E-state index contributed by atoms with van der Waals surface area (Å²) >= 11 is 0. The number of nitrogens with one attached hydrogen (secondary N) is 1. The fourth-order valence-electron chi connectivity index (χ4n) is 1.45. The van der Waals surface area contributed by atoms with Gasteiger partial charge in [0.25, 0.3) is 11.5 Å². The molecule has 94 valence electrons. The Bertz CT molecular complexity index is 440. The predicted molar refractivity (Wildman–Crippen MR) is 66.9 cm³/mol. The topological polar surface area (TPSA) is 77.1 Å². The lowest BCUT2D eigenvalue weighted by Crippen LogP contribution is -2.30. The Morgan fingerprint density at radius 2 is 2.29 bits per heavy atom. The predicted octanol–water partition coefficient (Wildman–Crippen LogP) is 0.1000. The third-order valence-electron chi connectivity index (χ3n) is 2.64. The van der Waals surface area contributed by atoms with Crippen molar-refractivity contribution in [1.29, 1.82) is 0 Å². The van der Waals surface area contributed by atoms with E-state index in [2.05, 4.69) is 5.32 Å². The number of pyridine rings is 1. The van der Waals surface area contributed by atoms with Crippen molar-refractivity contribution in [3.63, 3.8) is 0 Å². The SMILES string of the molecule is CC(CCN)CNC(=O)c1ccn(C)c(=O)c1. The molecule has 0 saturated carbocycles. The number of nitrogens with zero attached hydrogens (tertiary/aromatic N) is 1. The zero-order chi connectivity index (χ0) is 12.8. The second-order valence-corrected chi connectivity index (χ2v) is 4.26. The van der Waals surface area contributed by atoms with E-state index in [1.54, 1.807) is 19.3 Å². The Balaban J connectivity index is 2.58. The highest BCUT2D eigenvalue weighted by atomic mass is 16.2. The van der Waals surface area contributed by atoms with Crippen LogP contribution < -0.4 is 16.6 Å². The third-order valence-corrected chi connectivity index (χ3v) is 2.64. The molecule has 0 radical (unpaired) electrons. The van der Waals surface area contributed by atoms with Crippen LogP contribution in [0.4, 0.5) is 0 Å². The van der Waals surface area contributed by atoms with Crippen LogP contribution in [-0.4, -0.2) is 23.6 Å². The lowest BCUT2D eigenvalue weighted by molar-refractivity contribution is 0.0947. The summed E-state index contributed by atoms with van der Waals surface area (Å²) in [6, 6.07) is 2.97. The van der Waals surface area contributed by atoms with E-state index < -0.39 is 0 Å². The lowest BCUT2D eigenvalue weighted by atomic mass is 10.1. The van der Waals surface area contributed by atoms with Gasteiger partial charge in [0.15, 0.2) is 0 Å². The van der Waals surface area contributed by atoms with Gasteiger partial charge in [-0.25, -0.2) is 0 Å². The van der Waals surface area contributed by atoms with E-state index in [-0.39, 0.29) is 11.5 Å². The third kappa shape index (κ3) is 4.03. The Kier molecular flexibility index (Phi) is 4.90. The monoisotopic (exact) mass is 237 g/mol. The molecule has 0 bridgehead atoms. The molecule has 3 N–H and O–H groups in total. The van der Waals surface area contributed by atoms with Gasteiger partial charge in [-0.2, -0.15) is 0 Å². The van der Waals surface area contributed by atoms with Gasteiger partial charge in [0, 0.05) is 31.4 Å². The number of carbonyl (C=O) groups excluding carboxylic acids is 1. The molecule has 1 atom stereocenters. The van der Waals surface area contributed by atoms with E-state index in [4.69, 9.17) is 5.73 Å². The molecule has 0 aliphatic rings. The van der Waals surface area contributed by atoms with Crippen LogP contribution in [0.5, 0.6) is 0 Å². The van der Waals surface area contributed by atoms with Crippen molar-refractivity contribution in [3.8, 4) is 0 Å². The summed E-state index contributed by atoms with van der Waals surface area (Å²) in [5.74, 6) is 0.127. The molecule has 1 unspecified atom stereocenters.